The molecule has 21 heavy (non-hydrogen) atoms. The molecule has 0 spiro atoms. The molecule has 1 aromatic heterocycles. The minimum Gasteiger partial charge on any atom is -0.317 e. The summed E-state index contributed by atoms with van der Waals surface area (Å²) in [6, 6.07) is 3.65. The average molecular weight is 423 g/mol. The molecule has 1 aliphatic rings. The maximum Gasteiger partial charge on any atom is 0.234 e. The smallest absolute Gasteiger partial charge is 0.234 e. The molecule has 1 aliphatic heterocycles. The Bertz CT molecular complexity index is 561. The van der Waals surface area contributed by atoms with Crippen molar-refractivity contribution in [2.24, 2.45) is 5.92 Å². The molecule has 0 radical (unpaired) electrons. The molecule has 0 aromatic carbocycles. The second kappa shape index (κ2) is 6.78. The number of nitrogens with one attached hydrogen (secondary N) is 2. The van der Waals surface area contributed by atoms with E-state index in [1.165, 1.54) is 0 Å². The van der Waals surface area contributed by atoms with E-state index in [9.17, 15) is 8.42 Å². The Hall–Kier alpha value is -0.410. The number of hydrogen-bond acceptors (Lipinski definition) is 4. The Labute approximate surface area is 140 Å². The van der Waals surface area contributed by atoms with Crippen LogP contribution in [-0.2, 0) is 13.4 Å². The van der Waals surface area contributed by atoms with Crippen molar-refractivity contribution < 1.29 is 8.42 Å². The fraction of sp³-hybridized carbons (Fsp3) is 0.643. The number of hydrogen-bond donors (Lipinski definition) is 2. The second-order valence-electron chi connectivity index (χ2n) is 5.98. The molecule has 0 saturated carbocycles. The zero-order valence-corrected chi connectivity index (χ0v) is 15.4. The maximum absolute atomic E-state index is 12.2. The average Bonchev–Trinajstić information content (AvgIpc) is 2.38. The van der Waals surface area contributed by atoms with Crippen LogP contribution in [0.15, 0.2) is 18.3 Å². The van der Waals surface area contributed by atoms with Gasteiger partial charge in [0.1, 0.15) is 5.82 Å². The van der Waals surface area contributed by atoms with Gasteiger partial charge in [-0.1, -0.05) is 28.7 Å². The van der Waals surface area contributed by atoms with Gasteiger partial charge in [0.2, 0.25) is 10.0 Å². The van der Waals surface area contributed by atoms with Gasteiger partial charge in [-0.2, -0.15) is 0 Å². The van der Waals surface area contributed by atoms with Crippen molar-refractivity contribution in [2.45, 2.75) is 30.1 Å². The third-order valence-electron chi connectivity index (χ3n) is 3.62. The molecular formula is C14H22IN3O2S. The van der Waals surface area contributed by atoms with E-state index in [-0.39, 0.29) is 15.1 Å². The number of halogens is 1. The van der Waals surface area contributed by atoms with Crippen molar-refractivity contribution in [2.75, 3.05) is 23.6 Å². The quantitative estimate of drug-likeness (QED) is 0.564. The first-order valence-electron chi connectivity index (χ1n) is 7.13. The molecule has 0 bridgehead atoms. The van der Waals surface area contributed by atoms with E-state index in [1.807, 2.05) is 6.07 Å². The molecule has 0 amide bonds. The fourth-order valence-electron chi connectivity index (χ4n) is 2.37. The number of aromatic nitrogens is 1. The van der Waals surface area contributed by atoms with Crippen LogP contribution in [-0.4, -0.2) is 32.2 Å². The number of rotatable bonds is 5. The molecule has 2 N–H and O–H groups in total. The molecule has 0 unspecified atom stereocenters. The lowest BCUT2D eigenvalue weighted by atomic mass is 10.0. The highest BCUT2D eigenvalue weighted by atomic mass is 127. The van der Waals surface area contributed by atoms with E-state index < -0.39 is 10.0 Å². The van der Waals surface area contributed by atoms with Crippen molar-refractivity contribution in [3.05, 3.63) is 23.9 Å². The van der Waals surface area contributed by atoms with Crippen LogP contribution < -0.4 is 10.0 Å². The van der Waals surface area contributed by atoms with Crippen molar-refractivity contribution in [1.29, 1.82) is 0 Å². The molecule has 1 fully saturated rings. The third kappa shape index (κ3) is 5.37. The minimum atomic E-state index is -3.32. The summed E-state index contributed by atoms with van der Waals surface area (Å²) >= 11 is 2.33. The van der Waals surface area contributed by atoms with Gasteiger partial charge in [0.05, 0.1) is 5.75 Å². The lowest BCUT2D eigenvalue weighted by Crippen LogP contribution is -2.33. The van der Waals surface area contributed by atoms with Crippen LogP contribution >= 0.6 is 22.6 Å². The van der Waals surface area contributed by atoms with Gasteiger partial charge in [-0.15, -0.1) is 0 Å². The van der Waals surface area contributed by atoms with Gasteiger partial charge in [0.15, 0.2) is 0 Å². The second-order valence-corrected chi connectivity index (χ2v) is 10.4. The number of anilines is 1. The normalized spacial score (nSPS) is 17.7. The molecule has 0 aliphatic carbocycles. The van der Waals surface area contributed by atoms with E-state index in [4.69, 9.17) is 0 Å². The predicted octanol–water partition coefficient (Wildman–Crippen LogP) is 2.49. The zero-order valence-electron chi connectivity index (χ0n) is 12.4. The predicted molar refractivity (Wildman–Crippen MR) is 94.3 cm³/mol. The van der Waals surface area contributed by atoms with Gasteiger partial charge in [0, 0.05) is 9.62 Å². The summed E-state index contributed by atoms with van der Waals surface area (Å²) in [6.07, 6.45) is 3.56. The van der Waals surface area contributed by atoms with E-state index >= 15 is 0 Å². The lowest BCUT2D eigenvalue weighted by molar-refractivity contribution is 0.402. The van der Waals surface area contributed by atoms with Gasteiger partial charge in [-0.3, -0.25) is 4.72 Å². The number of piperidine rings is 1. The standard InChI is InChI=1S/C14H22IN3O2S/c1-14(2,15)12-3-4-13(17-9-12)18-21(19,20)10-11-5-7-16-8-6-11/h3-4,9,11,16H,5-8,10H2,1-2H3,(H,17,18). The first kappa shape index (κ1) is 17.0. The molecule has 5 nitrogen and oxygen atoms in total. The summed E-state index contributed by atoms with van der Waals surface area (Å²) in [4.78, 5) is 4.22. The van der Waals surface area contributed by atoms with Crippen LogP contribution in [0.1, 0.15) is 32.3 Å². The Morgan fingerprint density at radius 2 is 2.05 bits per heavy atom. The van der Waals surface area contributed by atoms with Crippen molar-refractivity contribution in [3.63, 3.8) is 0 Å². The third-order valence-corrected chi connectivity index (χ3v) is 5.68. The Balaban J connectivity index is 1.99. The highest BCUT2D eigenvalue weighted by Crippen LogP contribution is 2.30. The van der Waals surface area contributed by atoms with E-state index in [2.05, 4.69) is 51.5 Å². The summed E-state index contributed by atoms with van der Waals surface area (Å²) in [7, 11) is -3.32. The van der Waals surface area contributed by atoms with E-state index in [0.29, 0.717) is 5.82 Å². The van der Waals surface area contributed by atoms with E-state index in [1.54, 1.807) is 12.3 Å². The molecular weight excluding hydrogens is 401 g/mol. The van der Waals surface area contributed by atoms with E-state index in [0.717, 1.165) is 31.5 Å². The molecule has 118 valence electrons. The summed E-state index contributed by atoms with van der Waals surface area (Å²) in [5.41, 5.74) is 1.07. The topological polar surface area (TPSA) is 71.1 Å². The Kier molecular flexibility index (Phi) is 5.48. The van der Waals surface area contributed by atoms with Crippen LogP contribution in [0.5, 0.6) is 0 Å². The Morgan fingerprint density at radius 3 is 2.57 bits per heavy atom. The monoisotopic (exact) mass is 423 g/mol. The minimum absolute atomic E-state index is 0.0166. The van der Waals surface area contributed by atoms with Crippen LogP contribution in [0.3, 0.4) is 0 Å². The molecule has 2 rings (SSSR count). The summed E-state index contributed by atoms with van der Waals surface area (Å²) in [5.74, 6) is 0.806. The first-order valence-corrected chi connectivity index (χ1v) is 9.86. The molecule has 2 heterocycles. The summed E-state index contributed by atoms with van der Waals surface area (Å²) < 4.78 is 26.9. The molecule has 1 aromatic rings. The number of nitrogens with zero attached hydrogens (tertiary/aromatic N) is 1. The van der Waals surface area contributed by atoms with Gasteiger partial charge in [-0.05, 0) is 57.3 Å². The molecule has 0 atom stereocenters. The van der Waals surface area contributed by atoms with Gasteiger partial charge < -0.3 is 5.32 Å². The fourth-order valence-corrected chi connectivity index (χ4v) is 4.16. The van der Waals surface area contributed by atoms with Crippen LogP contribution in [0.25, 0.3) is 0 Å². The van der Waals surface area contributed by atoms with Crippen LogP contribution in [0.2, 0.25) is 0 Å². The summed E-state index contributed by atoms with van der Waals surface area (Å²) in [6.45, 7) is 5.98. The lowest BCUT2D eigenvalue weighted by Gasteiger charge is -2.22. The number of sulfonamides is 1. The highest BCUT2D eigenvalue weighted by Gasteiger charge is 2.22. The van der Waals surface area contributed by atoms with Gasteiger partial charge in [0.25, 0.3) is 0 Å². The number of pyridine rings is 1. The summed E-state index contributed by atoms with van der Waals surface area (Å²) in [5, 5.41) is 3.24. The van der Waals surface area contributed by atoms with Gasteiger partial charge in [-0.25, -0.2) is 13.4 Å². The number of alkyl halides is 1. The Morgan fingerprint density at radius 1 is 1.38 bits per heavy atom. The van der Waals surface area contributed by atoms with Crippen molar-refractivity contribution in [3.8, 4) is 0 Å². The highest BCUT2D eigenvalue weighted by molar-refractivity contribution is 14.1. The van der Waals surface area contributed by atoms with Crippen molar-refractivity contribution in [1.82, 2.24) is 10.3 Å². The first-order chi connectivity index (χ1) is 9.76. The zero-order chi connectivity index (χ0) is 15.5. The van der Waals surface area contributed by atoms with Gasteiger partial charge >= 0.3 is 0 Å². The molecule has 7 heteroatoms. The maximum atomic E-state index is 12.2. The van der Waals surface area contributed by atoms with Crippen molar-refractivity contribution >= 4 is 38.4 Å². The van der Waals surface area contributed by atoms with Crippen LogP contribution in [0, 0.1) is 5.92 Å². The largest absolute Gasteiger partial charge is 0.317 e. The SMILES string of the molecule is CC(C)(I)c1ccc(NS(=O)(=O)CC2CCNCC2)nc1. The van der Waals surface area contributed by atoms with Crippen LogP contribution in [0.4, 0.5) is 5.82 Å². The molecule has 1 saturated heterocycles.